The van der Waals surface area contributed by atoms with E-state index >= 15 is 0 Å². The van der Waals surface area contributed by atoms with Crippen molar-refractivity contribution in [3.05, 3.63) is 0 Å². The van der Waals surface area contributed by atoms with Crippen LogP contribution in [-0.2, 0) is 0 Å². The number of rotatable bonds is 9. The van der Waals surface area contributed by atoms with E-state index in [2.05, 4.69) is 13.8 Å². The first-order valence-corrected chi connectivity index (χ1v) is 8.46. The van der Waals surface area contributed by atoms with Gasteiger partial charge in [-0.1, -0.05) is 58.8 Å². The second kappa shape index (κ2) is 8.96. The normalized spacial score (nSPS) is 28.5. The lowest BCUT2D eigenvalue weighted by atomic mass is 9.67. The largest absolute Gasteiger partial charge is 0.330 e. The molecule has 0 heterocycles. The van der Waals surface area contributed by atoms with Gasteiger partial charge < -0.3 is 5.73 Å². The highest BCUT2D eigenvalue weighted by atomic mass is 14.6. The number of nitrogens with two attached hydrogens (primary N) is 1. The maximum atomic E-state index is 6.10. The average molecular weight is 253 g/mol. The molecular formula is C17H35N. The van der Waals surface area contributed by atoms with Crippen molar-refractivity contribution in [3.63, 3.8) is 0 Å². The van der Waals surface area contributed by atoms with Crippen LogP contribution in [0.2, 0.25) is 0 Å². The van der Waals surface area contributed by atoms with Crippen LogP contribution in [-0.4, -0.2) is 6.54 Å². The summed E-state index contributed by atoms with van der Waals surface area (Å²) in [7, 11) is 0. The van der Waals surface area contributed by atoms with Gasteiger partial charge in [0.15, 0.2) is 0 Å². The predicted octanol–water partition coefficient (Wildman–Crippen LogP) is 5.28. The Morgan fingerprint density at radius 1 is 0.944 bits per heavy atom. The quantitative estimate of drug-likeness (QED) is 0.556. The average Bonchev–Trinajstić information content (AvgIpc) is 2.41. The molecule has 1 heteroatoms. The molecule has 0 aromatic carbocycles. The van der Waals surface area contributed by atoms with Crippen molar-refractivity contribution in [3.8, 4) is 0 Å². The van der Waals surface area contributed by atoms with E-state index < -0.39 is 0 Å². The number of hydrogen-bond donors (Lipinski definition) is 1. The van der Waals surface area contributed by atoms with Gasteiger partial charge in [0, 0.05) is 0 Å². The number of hydrogen-bond acceptors (Lipinski definition) is 1. The van der Waals surface area contributed by atoms with E-state index in [1.165, 1.54) is 77.0 Å². The molecule has 1 aliphatic rings. The van der Waals surface area contributed by atoms with Crippen LogP contribution in [0, 0.1) is 11.3 Å². The lowest BCUT2D eigenvalue weighted by Gasteiger charge is -2.39. The van der Waals surface area contributed by atoms with E-state index in [4.69, 9.17) is 5.73 Å². The fourth-order valence-corrected chi connectivity index (χ4v) is 3.65. The fourth-order valence-electron chi connectivity index (χ4n) is 3.65. The summed E-state index contributed by atoms with van der Waals surface area (Å²) >= 11 is 0. The Kier molecular flexibility index (Phi) is 7.97. The van der Waals surface area contributed by atoms with Crippen molar-refractivity contribution >= 4 is 0 Å². The Labute approximate surface area is 115 Å². The topological polar surface area (TPSA) is 26.0 Å². The molecule has 0 amide bonds. The molecule has 1 rings (SSSR count). The highest BCUT2D eigenvalue weighted by Gasteiger charge is 2.33. The predicted molar refractivity (Wildman–Crippen MR) is 81.7 cm³/mol. The first kappa shape index (κ1) is 16.0. The van der Waals surface area contributed by atoms with Crippen molar-refractivity contribution in [2.24, 2.45) is 17.1 Å². The number of unbranched alkanes of at least 4 members (excludes halogenated alkanes) is 4. The van der Waals surface area contributed by atoms with E-state index in [9.17, 15) is 0 Å². The summed E-state index contributed by atoms with van der Waals surface area (Å²) in [6, 6.07) is 0. The Morgan fingerprint density at radius 2 is 1.61 bits per heavy atom. The highest BCUT2D eigenvalue weighted by molar-refractivity contribution is 4.86. The van der Waals surface area contributed by atoms with Gasteiger partial charge in [-0.2, -0.15) is 0 Å². The maximum absolute atomic E-state index is 6.10. The molecular weight excluding hydrogens is 218 g/mol. The molecule has 0 spiro atoms. The molecule has 0 atom stereocenters. The van der Waals surface area contributed by atoms with E-state index in [1.54, 1.807) is 0 Å². The zero-order chi connectivity index (χ0) is 13.3. The molecule has 108 valence electrons. The van der Waals surface area contributed by atoms with Crippen molar-refractivity contribution in [2.75, 3.05) is 6.54 Å². The molecule has 1 aliphatic carbocycles. The van der Waals surface area contributed by atoms with Gasteiger partial charge in [-0.15, -0.1) is 0 Å². The highest BCUT2D eigenvalue weighted by Crippen LogP contribution is 2.43. The van der Waals surface area contributed by atoms with Gasteiger partial charge in [-0.3, -0.25) is 0 Å². The minimum absolute atomic E-state index is 0.524. The summed E-state index contributed by atoms with van der Waals surface area (Å²) in [5, 5.41) is 0. The minimum atomic E-state index is 0.524. The Balaban J connectivity index is 2.23. The Hall–Kier alpha value is -0.0400. The summed E-state index contributed by atoms with van der Waals surface area (Å²) in [4.78, 5) is 0. The van der Waals surface area contributed by atoms with Gasteiger partial charge in [0.1, 0.15) is 0 Å². The molecule has 2 N–H and O–H groups in total. The standard InChI is InChI=1S/C17H35N/c1-3-5-6-7-8-12-17(15-18)13-10-16(9-4-2)11-14-17/h16H,3-15,18H2,1-2H3. The molecule has 18 heavy (non-hydrogen) atoms. The fraction of sp³-hybridized carbons (Fsp3) is 1.00. The van der Waals surface area contributed by atoms with Crippen molar-refractivity contribution in [1.29, 1.82) is 0 Å². The maximum Gasteiger partial charge on any atom is -0.00205 e. The second-order valence-corrected chi connectivity index (χ2v) is 6.60. The molecule has 0 radical (unpaired) electrons. The molecule has 0 aromatic rings. The third kappa shape index (κ3) is 5.30. The molecule has 0 aromatic heterocycles. The third-order valence-electron chi connectivity index (χ3n) is 5.11. The van der Waals surface area contributed by atoms with Crippen molar-refractivity contribution < 1.29 is 0 Å². The van der Waals surface area contributed by atoms with Gasteiger partial charge in [-0.05, 0) is 50.0 Å². The van der Waals surface area contributed by atoms with Gasteiger partial charge in [0.05, 0.1) is 0 Å². The molecule has 1 saturated carbocycles. The summed E-state index contributed by atoms with van der Waals surface area (Å²) in [6.45, 7) is 5.54. The van der Waals surface area contributed by atoms with Crippen molar-refractivity contribution in [2.45, 2.75) is 90.9 Å². The van der Waals surface area contributed by atoms with E-state index in [-0.39, 0.29) is 0 Å². The summed E-state index contributed by atoms with van der Waals surface area (Å²) < 4.78 is 0. The molecule has 0 bridgehead atoms. The van der Waals surface area contributed by atoms with Crippen LogP contribution in [0.4, 0.5) is 0 Å². The smallest absolute Gasteiger partial charge is 0.00205 e. The molecule has 1 nitrogen and oxygen atoms in total. The van der Waals surface area contributed by atoms with Gasteiger partial charge in [0.2, 0.25) is 0 Å². The van der Waals surface area contributed by atoms with E-state index in [0.29, 0.717) is 5.41 Å². The van der Waals surface area contributed by atoms with Crippen molar-refractivity contribution in [1.82, 2.24) is 0 Å². The van der Waals surface area contributed by atoms with Crippen LogP contribution < -0.4 is 5.73 Å². The monoisotopic (exact) mass is 253 g/mol. The first-order chi connectivity index (χ1) is 8.76. The molecule has 0 aliphatic heterocycles. The van der Waals surface area contributed by atoms with Gasteiger partial charge >= 0.3 is 0 Å². The molecule has 0 unspecified atom stereocenters. The van der Waals surface area contributed by atoms with Crippen LogP contribution in [0.25, 0.3) is 0 Å². The summed E-state index contributed by atoms with van der Waals surface area (Å²) in [6.07, 6.45) is 16.9. The van der Waals surface area contributed by atoms with Crippen LogP contribution in [0.15, 0.2) is 0 Å². The first-order valence-electron chi connectivity index (χ1n) is 8.46. The summed E-state index contributed by atoms with van der Waals surface area (Å²) in [5.74, 6) is 1.01. The second-order valence-electron chi connectivity index (χ2n) is 6.60. The lowest BCUT2D eigenvalue weighted by Crippen LogP contribution is -2.34. The van der Waals surface area contributed by atoms with Crippen LogP contribution >= 0.6 is 0 Å². The van der Waals surface area contributed by atoms with Crippen LogP contribution in [0.1, 0.15) is 90.9 Å². The SMILES string of the molecule is CCCCCCCC1(CN)CCC(CCC)CC1. The zero-order valence-electron chi connectivity index (χ0n) is 12.8. The lowest BCUT2D eigenvalue weighted by molar-refractivity contribution is 0.135. The Morgan fingerprint density at radius 3 is 2.17 bits per heavy atom. The van der Waals surface area contributed by atoms with Gasteiger partial charge in [-0.25, -0.2) is 0 Å². The van der Waals surface area contributed by atoms with E-state index in [1.807, 2.05) is 0 Å². The van der Waals surface area contributed by atoms with Crippen LogP contribution in [0.3, 0.4) is 0 Å². The van der Waals surface area contributed by atoms with Crippen LogP contribution in [0.5, 0.6) is 0 Å². The van der Waals surface area contributed by atoms with Gasteiger partial charge in [0.25, 0.3) is 0 Å². The minimum Gasteiger partial charge on any atom is -0.330 e. The third-order valence-corrected chi connectivity index (χ3v) is 5.11. The van der Waals surface area contributed by atoms with E-state index in [0.717, 1.165) is 12.5 Å². The Bertz CT molecular complexity index is 192. The summed E-state index contributed by atoms with van der Waals surface area (Å²) in [5.41, 5.74) is 6.62. The molecule has 1 fully saturated rings. The zero-order valence-corrected chi connectivity index (χ0v) is 12.8. The molecule has 0 saturated heterocycles.